The Morgan fingerprint density at radius 1 is 0.679 bits per heavy atom. The van der Waals surface area contributed by atoms with Gasteiger partial charge in [0.2, 0.25) is 0 Å². The molecule has 1 aromatic rings. The van der Waals surface area contributed by atoms with Gasteiger partial charge in [-0.15, -0.1) is 0 Å². The normalized spacial score (nSPS) is 11.2. The Kier molecular flexibility index (Phi) is 17.8. The van der Waals surface area contributed by atoms with Crippen LogP contribution >= 0.6 is 11.8 Å². The van der Waals surface area contributed by atoms with Crippen LogP contribution in [0.1, 0.15) is 110 Å². The molecule has 0 fully saturated rings. The molecule has 2 N–H and O–H groups in total. The smallest absolute Gasteiger partial charge is 0.270 e. The summed E-state index contributed by atoms with van der Waals surface area (Å²) in [5.41, 5.74) is 6.49. The second kappa shape index (κ2) is 19.6. The number of thioether (sulfide) groups is 1. The fourth-order valence-corrected chi connectivity index (χ4v) is 4.16. The third kappa shape index (κ3) is 16.3. The van der Waals surface area contributed by atoms with Crippen LogP contribution in [0.5, 0.6) is 5.75 Å². The lowest BCUT2D eigenvalue weighted by Gasteiger charge is -2.11. The van der Waals surface area contributed by atoms with Gasteiger partial charge in [0.15, 0.2) is 0 Å². The Morgan fingerprint density at radius 3 is 1.57 bits per heavy atom. The third-order valence-electron chi connectivity index (χ3n) is 5.20. The largest absolute Gasteiger partial charge is 0.457 e. The zero-order valence-corrected chi connectivity index (χ0v) is 19.1. The van der Waals surface area contributed by atoms with E-state index in [2.05, 4.69) is 6.92 Å². The summed E-state index contributed by atoms with van der Waals surface area (Å²) in [5, 5.41) is 0. The molecule has 0 bridgehead atoms. The molecule has 1 aromatic carbocycles. The maximum absolute atomic E-state index is 5.93. The van der Waals surface area contributed by atoms with Crippen LogP contribution in [0.25, 0.3) is 0 Å². The second-order valence-electron chi connectivity index (χ2n) is 7.89. The van der Waals surface area contributed by atoms with E-state index in [0.717, 1.165) is 11.5 Å². The minimum absolute atomic E-state index is 0.562. The van der Waals surface area contributed by atoms with E-state index in [-0.39, 0.29) is 0 Å². The minimum atomic E-state index is 0.562. The fraction of sp³-hybridized carbons (Fsp3) is 0.720. The van der Waals surface area contributed by atoms with Gasteiger partial charge in [0.1, 0.15) is 5.75 Å². The summed E-state index contributed by atoms with van der Waals surface area (Å²) in [6.07, 6.45) is 22.5. The summed E-state index contributed by atoms with van der Waals surface area (Å²) >= 11 is 1.63. The summed E-state index contributed by atoms with van der Waals surface area (Å²) < 4.78 is 5.60. The van der Waals surface area contributed by atoms with Gasteiger partial charge in [0.05, 0.1) is 0 Å². The van der Waals surface area contributed by atoms with Crippen LogP contribution in [0.4, 0.5) is 0 Å². The van der Waals surface area contributed by atoms with E-state index in [4.69, 9.17) is 10.5 Å². The predicted molar refractivity (Wildman–Crippen MR) is 127 cm³/mol. The first-order valence-electron chi connectivity index (χ1n) is 11.8. The SMILES string of the molecule is CCCCCCCCCCCCCCCCCCS[C](N)Oc1ccccc1. The van der Waals surface area contributed by atoms with E-state index >= 15 is 0 Å². The summed E-state index contributed by atoms with van der Waals surface area (Å²) in [7, 11) is 0. The minimum Gasteiger partial charge on any atom is -0.457 e. The topological polar surface area (TPSA) is 35.2 Å². The van der Waals surface area contributed by atoms with Crippen molar-refractivity contribution in [1.82, 2.24) is 0 Å². The van der Waals surface area contributed by atoms with E-state index in [1.807, 2.05) is 30.3 Å². The van der Waals surface area contributed by atoms with Gasteiger partial charge >= 0.3 is 0 Å². The number of ether oxygens (including phenoxy) is 1. The molecule has 161 valence electrons. The van der Waals surface area contributed by atoms with Gasteiger partial charge in [-0.25, -0.2) is 0 Å². The monoisotopic (exact) mass is 406 g/mol. The zero-order chi connectivity index (χ0) is 20.1. The first-order chi connectivity index (χ1) is 13.8. The number of hydrogen-bond acceptors (Lipinski definition) is 3. The first-order valence-corrected chi connectivity index (χ1v) is 12.8. The number of hydrogen-bond donors (Lipinski definition) is 1. The maximum Gasteiger partial charge on any atom is 0.270 e. The standard InChI is InChI=1S/C25H44NOS/c1-2-3-4-5-6-7-8-9-10-11-12-13-14-15-16-20-23-28-25(26)27-24-21-18-17-19-22-24/h17-19,21-22H,2-16,20,23,26H2,1H3. The molecule has 0 aromatic heterocycles. The van der Waals surface area contributed by atoms with Crippen LogP contribution in [-0.4, -0.2) is 5.75 Å². The first kappa shape index (κ1) is 25.4. The maximum atomic E-state index is 5.93. The molecule has 0 amide bonds. The van der Waals surface area contributed by atoms with Crippen LogP contribution in [0, 0.1) is 5.56 Å². The summed E-state index contributed by atoms with van der Waals surface area (Å²) in [4.78, 5) is 0. The lowest BCUT2D eigenvalue weighted by atomic mass is 10.0. The fourth-order valence-electron chi connectivity index (χ4n) is 3.46. The molecular formula is C25H44NOS. The van der Waals surface area contributed by atoms with Gasteiger partial charge in [-0.2, -0.15) is 0 Å². The van der Waals surface area contributed by atoms with Crippen molar-refractivity contribution < 1.29 is 4.74 Å². The van der Waals surface area contributed by atoms with Gasteiger partial charge in [-0.1, -0.05) is 133 Å². The van der Waals surface area contributed by atoms with Crippen molar-refractivity contribution in [2.45, 2.75) is 110 Å². The van der Waals surface area contributed by atoms with Gasteiger partial charge in [-0.05, 0) is 24.3 Å². The number of para-hydroxylation sites is 1. The van der Waals surface area contributed by atoms with E-state index in [1.54, 1.807) is 11.8 Å². The van der Waals surface area contributed by atoms with Gasteiger partial charge in [0, 0.05) is 0 Å². The van der Waals surface area contributed by atoms with Crippen molar-refractivity contribution in [2.24, 2.45) is 5.73 Å². The quantitative estimate of drug-likeness (QED) is 0.220. The summed E-state index contributed by atoms with van der Waals surface area (Å²) in [6.45, 7) is 2.29. The van der Waals surface area contributed by atoms with E-state index in [9.17, 15) is 0 Å². The van der Waals surface area contributed by atoms with E-state index in [1.165, 1.54) is 103 Å². The van der Waals surface area contributed by atoms with Crippen molar-refractivity contribution >= 4 is 11.8 Å². The van der Waals surface area contributed by atoms with Gasteiger partial charge in [-0.3, -0.25) is 5.73 Å². The second-order valence-corrected chi connectivity index (χ2v) is 8.99. The van der Waals surface area contributed by atoms with E-state index in [0.29, 0.717) is 5.56 Å². The molecule has 0 spiro atoms. The molecule has 0 atom stereocenters. The molecule has 28 heavy (non-hydrogen) atoms. The van der Waals surface area contributed by atoms with Crippen LogP contribution < -0.4 is 10.5 Å². The molecule has 3 heteroatoms. The Hall–Kier alpha value is -0.670. The highest BCUT2D eigenvalue weighted by Crippen LogP contribution is 2.21. The number of benzene rings is 1. The van der Waals surface area contributed by atoms with Crippen molar-refractivity contribution in [3.8, 4) is 5.75 Å². The molecule has 0 aliphatic heterocycles. The Labute approximate surface area is 179 Å². The number of nitrogens with two attached hydrogens (primary N) is 1. The molecule has 2 nitrogen and oxygen atoms in total. The van der Waals surface area contributed by atoms with Crippen LogP contribution in [0.15, 0.2) is 30.3 Å². The third-order valence-corrected chi connectivity index (χ3v) is 6.06. The average Bonchev–Trinajstić information content (AvgIpc) is 2.71. The Balaban J connectivity index is 1.74. The van der Waals surface area contributed by atoms with Crippen molar-refractivity contribution in [1.29, 1.82) is 0 Å². The van der Waals surface area contributed by atoms with Crippen LogP contribution in [0.2, 0.25) is 0 Å². The molecule has 1 rings (SSSR count). The molecule has 0 aliphatic carbocycles. The molecule has 0 unspecified atom stereocenters. The number of unbranched alkanes of at least 4 members (excludes halogenated alkanes) is 15. The van der Waals surface area contributed by atoms with Crippen LogP contribution in [0.3, 0.4) is 0 Å². The van der Waals surface area contributed by atoms with Crippen molar-refractivity contribution in [3.05, 3.63) is 35.9 Å². The Bertz CT molecular complexity index is 426. The van der Waals surface area contributed by atoms with Crippen molar-refractivity contribution in [3.63, 3.8) is 0 Å². The average molecular weight is 407 g/mol. The molecule has 0 saturated carbocycles. The Morgan fingerprint density at radius 2 is 1.11 bits per heavy atom. The molecule has 0 saturated heterocycles. The molecule has 0 aliphatic rings. The predicted octanol–water partition coefficient (Wildman–Crippen LogP) is 8.47. The highest BCUT2D eigenvalue weighted by atomic mass is 32.2. The highest BCUT2D eigenvalue weighted by molar-refractivity contribution is 8.01. The van der Waals surface area contributed by atoms with E-state index < -0.39 is 0 Å². The van der Waals surface area contributed by atoms with Crippen LogP contribution in [-0.2, 0) is 0 Å². The lowest BCUT2D eigenvalue weighted by Crippen LogP contribution is -2.13. The number of rotatable bonds is 20. The highest BCUT2D eigenvalue weighted by Gasteiger charge is 2.06. The summed E-state index contributed by atoms with van der Waals surface area (Å²) in [5.74, 6) is 1.87. The molecule has 0 heterocycles. The molecule has 1 radical (unpaired) electrons. The summed E-state index contributed by atoms with van der Waals surface area (Å²) in [6, 6.07) is 9.77. The molecular weight excluding hydrogens is 362 g/mol. The zero-order valence-electron chi connectivity index (χ0n) is 18.3. The van der Waals surface area contributed by atoms with Gasteiger partial charge < -0.3 is 4.74 Å². The van der Waals surface area contributed by atoms with Crippen molar-refractivity contribution in [2.75, 3.05) is 5.75 Å². The lowest BCUT2D eigenvalue weighted by molar-refractivity contribution is 0.386. The van der Waals surface area contributed by atoms with Gasteiger partial charge in [0.25, 0.3) is 5.56 Å².